The number of hydrogen-bond donors (Lipinski definition) is 0. The summed E-state index contributed by atoms with van der Waals surface area (Å²) in [6.45, 7) is 7.17. The molecule has 26 heavy (non-hydrogen) atoms. The van der Waals surface area contributed by atoms with Crippen molar-refractivity contribution >= 4 is 5.97 Å². The number of hydrogen-bond acceptors (Lipinski definition) is 4. The first kappa shape index (κ1) is 17.9. The fraction of sp³-hybridized carbons (Fsp3) is 0.273. The largest absolute Gasteiger partial charge is 0.464 e. The van der Waals surface area contributed by atoms with Crippen LogP contribution in [0.2, 0.25) is 0 Å². The van der Waals surface area contributed by atoms with E-state index >= 15 is 0 Å². The average molecular weight is 346 g/mol. The van der Waals surface area contributed by atoms with Crippen molar-refractivity contribution in [1.29, 1.82) is 5.26 Å². The summed E-state index contributed by atoms with van der Waals surface area (Å²) >= 11 is 0. The minimum absolute atomic E-state index is 0.232. The zero-order valence-electron chi connectivity index (χ0n) is 14.9. The van der Waals surface area contributed by atoms with E-state index in [-0.39, 0.29) is 6.61 Å². The summed E-state index contributed by atoms with van der Waals surface area (Å²) in [5.41, 5.74) is 1.23. The summed E-state index contributed by atoms with van der Waals surface area (Å²) in [7, 11) is 0. The number of esters is 1. The highest BCUT2D eigenvalue weighted by molar-refractivity contribution is 5.86. The van der Waals surface area contributed by atoms with E-state index < -0.39 is 17.4 Å². The van der Waals surface area contributed by atoms with Gasteiger partial charge in [0, 0.05) is 13.1 Å². The van der Waals surface area contributed by atoms with E-state index in [0.717, 1.165) is 11.1 Å². The van der Waals surface area contributed by atoms with Crippen molar-refractivity contribution in [3.63, 3.8) is 0 Å². The van der Waals surface area contributed by atoms with Crippen LogP contribution in [0.3, 0.4) is 0 Å². The van der Waals surface area contributed by atoms with E-state index in [9.17, 15) is 10.1 Å². The van der Waals surface area contributed by atoms with Crippen LogP contribution < -0.4 is 0 Å². The van der Waals surface area contributed by atoms with Crippen LogP contribution in [0.4, 0.5) is 0 Å². The second-order valence-electron chi connectivity index (χ2n) is 6.45. The molecule has 1 fully saturated rings. The molecule has 1 heterocycles. The third-order valence-electron chi connectivity index (χ3n) is 4.84. The van der Waals surface area contributed by atoms with Gasteiger partial charge in [0.25, 0.3) is 0 Å². The smallest absolute Gasteiger partial charge is 0.332 e. The average Bonchev–Trinajstić information content (AvgIpc) is 2.95. The van der Waals surface area contributed by atoms with Gasteiger partial charge in [0.1, 0.15) is 0 Å². The topological polar surface area (TPSA) is 53.3 Å². The first-order valence-electron chi connectivity index (χ1n) is 8.73. The monoisotopic (exact) mass is 346 g/mol. The van der Waals surface area contributed by atoms with Crippen molar-refractivity contribution in [2.75, 3.05) is 13.2 Å². The van der Waals surface area contributed by atoms with Gasteiger partial charge in [0.15, 0.2) is 5.41 Å². The summed E-state index contributed by atoms with van der Waals surface area (Å²) < 4.78 is 5.29. The SMILES string of the molecule is C=C1CN(Cc2ccccc2)[C@@H](c2ccccc2)[C@]1(C#N)C(=O)OCC. The van der Waals surface area contributed by atoms with Crippen molar-refractivity contribution in [2.45, 2.75) is 19.5 Å². The Balaban J connectivity index is 2.07. The summed E-state index contributed by atoms with van der Waals surface area (Å²) in [6.07, 6.45) is 0. The molecule has 0 saturated carbocycles. The lowest BCUT2D eigenvalue weighted by Crippen LogP contribution is -2.39. The summed E-state index contributed by atoms with van der Waals surface area (Å²) in [5.74, 6) is -0.517. The van der Waals surface area contributed by atoms with Crippen LogP contribution >= 0.6 is 0 Å². The van der Waals surface area contributed by atoms with Crippen molar-refractivity contribution in [3.8, 4) is 6.07 Å². The maximum atomic E-state index is 12.9. The molecule has 1 saturated heterocycles. The van der Waals surface area contributed by atoms with Gasteiger partial charge >= 0.3 is 5.97 Å². The summed E-state index contributed by atoms with van der Waals surface area (Å²) in [4.78, 5) is 15.0. The van der Waals surface area contributed by atoms with Crippen LogP contribution in [0.25, 0.3) is 0 Å². The zero-order valence-corrected chi connectivity index (χ0v) is 14.9. The number of nitrogens with zero attached hydrogens (tertiary/aromatic N) is 2. The van der Waals surface area contributed by atoms with Crippen LogP contribution in [-0.4, -0.2) is 24.0 Å². The van der Waals surface area contributed by atoms with Gasteiger partial charge < -0.3 is 4.74 Å². The molecule has 1 aliphatic rings. The molecule has 2 aromatic carbocycles. The van der Waals surface area contributed by atoms with E-state index in [2.05, 4.69) is 17.5 Å². The van der Waals surface area contributed by atoms with E-state index in [0.29, 0.717) is 18.7 Å². The van der Waals surface area contributed by atoms with Crippen LogP contribution in [0.15, 0.2) is 72.8 Å². The van der Waals surface area contributed by atoms with Crippen molar-refractivity contribution < 1.29 is 9.53 Å². The van der Waals surface area contributed by atoms with Gasteiger partial charge in [-0.1, -0.05) is 67.2 Å². The Morgan fingerprint density at radius 2 is 1.85 bits per heavy atom. The predicted octanol–water partition coefficient (Wildman–Crippen LogP) is 3.87. The normalized spacial score (nSPS) is 22.8. The van der Waals surface area contributed by atoms with Gasteiger partial charge in [-0.3, -0.25) is 4.90 Å². The lowest BCUT2D eigenvalue weighted by Gasteiger charge is -2.32. The Morgan fingerprint density at radius 1 is 1.23 bits per heavy atom. The molecular weight excluding hydrogens is 324 g/mol. The Morgan fingerprint density at radius 3 is 2.42 bits per heavy atom. The molecule has 0 bridgehead atoms. The van der Waals surface area contributed by atoms with Crippen LogP contribution in [-0.2, 0) is 16.1 Å². The van der Waals surface area contributed by atoms with Gasteiger partial charge in [-0.2, -0.15) is 5.26 Å². The van der Waals surface area contributed by atoms with E-state index in [1.165, 1.54) is 0 Å². The molecule has 3 rings (SSSR count). The molecule has 4 heteroatoms. The lowest BCUT2D eigenvalue weighted by molar-refractivity contribution is -0.151. The molecule has 2 aromatic rings. The minimum atomic E-state index is -1.40. The predicted molar refractivity (Wildman–Crippen MR) is 99.9 cm³/mol. The highest BCUT2D eigenvalue weighted by Crippen LogP contribution is 2.50. The first-order chi connectivity index (χ1) is 12.6. The second-order valence-corrected chi connectivity index (χ2v) is 6.45. The molecule has 0 N–H and O–H groups in total. The maximum Gasteiger partial charge on any atom is 0.332 e. The Hall–Kier alpha value is -2.90. The highest BCUT2D eigenvalue weighted by Gasteiger charge is 2.57. The van der Waals surface area contributed by atoms with Crippen LogP contribution in [0.5, 0.6) is 0 Å². The van der Waals surface area contributed by atoms with Crippen molar-refractivity contribution in [1.82, 2.24) is 4.90 Å². The number of carbonyl (C=O) groups excluding carboxylic acids is 1. The van der Waals surface area contributed by atoms with Gasteiger partial charge in [-0.15, -0.1) is 0 Å². The molecule has 1 aliphatic heterocycles. The number of ether oxygens (including phenoxy) is 1. The standard InChI is InChI=1S/C22H22N2O2/c1-3-26-21(25)22(16-23)17(2)14-24(15-18-10-6-4-7-11-18)20(22)19-12-8-5-9-13-19/h4-13,20H,2-3,14-15H2,1H3/t20-,22+/m0/s1. The second kappa shape index (κ2) is 7.55. The van der Waals surface area contributed by atoms with Gasteiger partial charge in [0.05, 0.1) is 18.7 Å². The molecule has 2 atom stereocenters. The quantitative estimate of drug-likeness (QED) is 0.609. The Kier molecular flexibility index (Phi) is 5.20. The third-order valence-corrected chi connectivity index (χ3v) is 4.84. The fourth-order valence-electron chi connectivity index (χ4n) is 3.68. The Labute approximate surface area is 154 Å². The van der Waals surface area contributed by atoms with E-state index in [1.54, 1.807) is 6.92 Å². The summed E-state index contributed by atoms with van der Waals surface area (Å²) in [6, 6.07) is 21.5. The molecule has 0 aromatic heterocycles. The molecule has 0 spiro atoms. The molecule has 132 valence electrons. The first-order valence-corrected chi connectivity index (χ1v) is 8.73. The van der Waals surface area contributed by atoms with Crippen molar-refractivity contribution in [2.24, 2.45) is 5.41 Å². The van der Waals surface area contributed by atoms with Gasteiger partial charge in [-0.05, 0) is 23.6 Å². The molecular formula is C22H22N2O2. The van der Waals surface area contributed by atoms with Crippen LogP contribution in [0, 0.1) is 16.7 Å². The highest BCUT2D eigenvalue weighted by atomic mass is 16.5. The number of benzene rings is 2. The molecule has 4 nitrogen and oxygen atoms in total. The number of likely N-dealkylation sites (tertiary alicyclic amines) is 1. The lowest BCUT2D eigenvalue weighted by atomic mass is 9.76. The number of nitriles is 1. The van der Waals surface area contributed by atoms with E-state index in [4.69, 9.17) is 4.74 Å². The number of carbonyl (C=O) groups is 1. The maximum absolute atomic E-state index is 12.9. The Bertz CT molecular complexity index is 826. The fourth-order valence-corrected chi connectivity index (χ4v) is 3.68. The molecule has 0 amide bonds. The molecule has 0 radical (unpaired) electrons. The van der Waals surface area contributed by atoms with Gasteiger partial charge in [-0.25, -0.2) is 4.79 Å². The molecule has 0 aliphatic carbocycles. The zero-order chi connectivity index (χ0) is 18.6. The number of rotatable bonds is 5. The molecule has 0 unspecified atom stereocenters. The van der Waals surface area contributed by atoms with Crippen molar-refractivity contribution in [3.05, 3.63) is 83.9 Å². The van der Waals surface area contributed by atoms with Gasteiger partial charge in [0.2, 0.25) is 0 Å². The summed E-state index contributed by atoms with van der Waals surface area (Å²) in [5, 5.41) is 10.1. The van der Waals surface area contributed by atoms with E-state index in [1.807, 2.05) is 60.7 Å². The van der Waals surface area contributed by atoms with Crippen LogP contribution in [0.1, 0.15) is 24.1 Å². The minimum Gasteiger partial charge on any atom is -0.464 e. The third kappa shape index (κ3) is 3.02.